The van der Waals surface area contributed by atoms with Crippen LogP contribution in [0.1, 0.15) is 50.0 Å². The molecule has 7 heteroatoms. The highest BCUT2D eigenvalue weighted by Gasteiger charge is 2.38. The molecular formula is C22H32N2O4S. The molecule has 3 rings (SSSR count). The van der Waals surface area contributed by atoms with E-state index in [2.05, 4.69) is 10.2 Å². The van der Waals surface area contributed by atoms with Crippen LogP contribution >= 0.6 is 11.8 Å². The molecule has 1 saturated heterocycles. The molecule has 1 saturated carbocycles. The van der Waals surface area contributed by atoms with Gasteiger partial charge in [-0.15, -0.1) is 0 Å². The summed E-state index contributed by atoms with van der Waals surface area (Å²) in [6, 6.07) is 7.31. The summed E-state index contributed by atoms with van der Waals surface area (Å²) in [4.78, 5) is 25.7. The van der Waals surface area contributed by atoms with Gasteiger partial charge in [0.15, 0.2) is 6.61 Å². The monoisotopic (exact) mass is 420 g/mol. The maximum atomic E-state index is 12.0. The van der Waals surface area contributed by atoms with Crippen molar-refractivity contribution in [2.24, 2.45) is 0 Å². The molecule has 0 radical (unpaired) electrons. The maximum absolute atomic E-state index is 12.0. The van der Waals surface area contributed by atoms with Gasteiger partial charge < -0.3 is 20.1 Å². The Balaban J connectivity index is 1.59. The number of carbonyl (C=O) groups excluding carboxylic acids is 2. The van der Waals surface area contributed by atoms with Crippen LogP contribution in [0.15, 0.2) is 24.3 Å². The molecule has 1 aliphatic carbocycles. The second-order valence-corrected chi connectivity index (χ2v) is 9.51. The number of aliphatic hydroxyl groups is 1. The number of nitrogens with one attached hydrogen (secondary N) is 1. The summed E-state index contributed by atoms with van der Waals surface area (Å²) in [6.07, 6.45) is 5.68. The zero-order chi connectivity index (χ0) is 20.9. The highest BCUT2D eigenvalue weighted by atomic mass is 32.2. The molecule has 2 aliphatic rings. The molecule has 2 unspecified atom stereocenters. The Hall–Kier alpha value is -1.57. The van der Waals surface area contributed by atoms with E-state index in [1.807, 2.05) is 38.4 Å². The van der Waals surface area contributed by atoms with Crippen LogP contribution in [-0.2, 0) is 9.59 Å². The smallest absolute Gasteiger partial charge is 0.258 e. The first-order chi connectivity index (χ1) is 13.9. The van der Waals surface area contributed by atoms with Gasteiger partial charge in [-0.2, -0.15) is 0 Å². The summed E-state index contributed by atoms with van der Waals surface area (Å²) in [5.74, 6) is 1.13. The van der Waals surface area contributed by atoms with Gasteiger partial charge in [0.1, 0.15) is 5.75 Å². The van der Waals surface area contributed by atoms with E-state index < -0.39 is 5.60 Å². The lowest BCUT2D eigenvalue weighted by Gasteiger charge is -2.40. The molecule has 29 heavy (non-hydrogen) atoms. The largest absolute Gasteiger partial charge is 0.484 e. The number of rotatable bonds is 8. The molecule has 2 atom stereocenters. The average Bonchev–Trinajstić information content (AvgIpc) is 3.10. The molecular weight excluding hydrogens is 388 g/mol. The summed E-state index contributed by atoms with van der Waals surface area (Å²) in [5, 5.41) is 14.0. The van der Waals surface area contributed by atoms with Gasteiger partial charge in [0, 0.05) is 18.2 Å². The zero-order valence-corrected chi connectivity index (χ0v) is 18.2. The van der Waals surface area contributed by atoms with Gasteiger partial charge in [0.2, 0.25) is 5.12 Å². The highest BCUT2D eigenvalue weighted by Crippen LogP contribution is 2.40. The predicted octanol–water partition coefficient (Wildman–Crippen LogP) is 2.55. The fourth-order valence-corrected chi connectivity index (χ4v) is 5.20. The fourth-order valence-electron chi connectivity index (χ4n) is 4.27. The molecule has 1 amide bonds. The van der Waals surface area contributed by atoms with Crippen LogP contribution in [0.4, 0.5) is 0 Å². The molecule has 2 N–H and O–H groups in total. The van der Waals surface area contributed by atoms with Gasteiger partial charge in [-0.1, -0.05) is 43.2 Å². The SMILES string of the molecule is CN(C)CC(c1ccc(OCC(=O)NC2CCSC2=O)cc1)C1(O)CCCCC1. The molecule has 1 heterocycles. The number of hydrogen-bond donors (Lipinski definition) is 2. The van der Waals surface area contributed by atoms with Crippen LogP contribution in [0, 0.1) is 0 Å². The number of likely N-dealkylation sites (N-methyl/N-ethyl adjacent to an activating group) is 1. The van der Waals surface area contributed by atoms with Crippen LogP contribution in [0.5, 0.6) is 5.75 Å². The van der Waals surface area contributed by atoms with Crippen molar-refractivity contribution in [1.82, 2.24) is 10.2 Å². The first kappa shape index (κ1) is 22.1. The normalized spacial score (nSPS) is 22.5. The van der Waals surface area contributed by atoms with E-state index in [0.29, 0.717) is 12.2 Å². The van der Waals surface area contributed by atoms with Crippen LogP contribution in [0.2, 0.25) is 0 Å². The minimum Gasteiger partial charge on any atom is -0.484 e. The lowest BCUT2D eigenvalue weighted by Crippen LogP contribution is -2.42. The van der Waals surface area contributed by atoms with Crippen molar-refractivity contribution in [2.75, 3.05) is 33.0 Å². The lowest BCUT2D eigenvalue weighted by molar-refractivity contribution is -0.126. The lowest BCUT2D eigenvalue weighted by atomic mass is 9.72. The van der Waals surface area contributed by atoms with E-state index in [9.17, 15) is 14.7 Å². The maximum Gasteiger partial charge on any atom is 0.258 e. The standard InChI is InChI=1S/C22H32N2O4S/c1-24(2)14-18(22(27)11-4-3-5-12-22)16-6-8-17(9-7-16)28-15-20(25)23-19-10-13-29-21(19)26/h6-9,18-19,27H,3-5,10-15H2,1-2H3,(H,23,25). The third-order valence-corrected chi connectivity index (χ3v) is 6.85. The Labute approximate surface area is 177 Å². The molecule has 2 fully saturated rings. The first-order valence-corrected chi connectivity index (χ1v) is 11.4. The molecule has 1 aliphatic heterocycles. The van der Waals surface area contributed by atoms with E-state index in [-0.39, 0.29) is 29.6 Å². The Bertz CT molecular complexity index is 701. The van der Waals surface area contributed by atoms with Gasteiger partial charge in [0.25, 0.3) is 5.91 Å². The molecule has 0 spiro atoms. The number of hydrogen-bond acceptors (Lipinski definition) is 6. The topological polar surface area (TPSA) is 78.9 Å². The number of benzene rings is 1. The Morgan fingerprint density at radius 2 is 1.97 bits per heavy atom. The summed E-state index contributed by atoms with van der Waals surface area (Å²) in [7, 11) is 4.06. The highest BCUT2D eigenvalue weighted by molar-refractivity contribution is 8.14. The molecule has 0 bridgehead atoms. The summed E-state index contributed by atoms with van der Waals surface area (Å²) in [5.41, 5.74) is 0.421. The predicted molar refractivity (Wildman–Crippen MR) is 115 cm³/mol. The number of carbonyl (C=O) groups is 2. The van der Waals surface area contributed by atoms with Crippen LogP contribution in [0.3, 0.4) is 0 Å². The second-order valence-electron chi connectivity index (χ2n) is 8.41. The first-order valence-electron chi connectivity index (χ1n) is 10.4. The van der Waals surface area contributed by atoms with Crippen LogP contribution in [0.25, 0.3) is 0 Å². The Kier molecular flexibility index (Phi) is 7.60. The van der Waals surface area contributed by atoms with Gasteiger partial charge in [-0.25, -0.2) is 0 Å². The second kappa shape index (κ2) is 9.96. The third kappa shape index (κ3) is 5.96. The third-order valence-electron chi connectivity index (χ3n) is 5.84. The van der Waals surface area contributed by atoms with Gasteiger partial charge in [-0.05, 0) is 51.1 Å². The van der Waals surface area contributed by atoms with Crippen molar-refractivity contribution in [1.29, 1.82) is 0 Å². The van der Waals surface area contributed by atoms with Crippen molar-refractivity contribution in [3.63, 3.8) is 0 Å². The van der Waals surface area contributed by atoms with Gasteiger partial charge in [0.05, 0.1) is 11.6 Å². The van der Waals surface area contributed by atoms with E-state index in [0.717, 1.165) is 43.5 Å². The van der Waals surface area contributed by atoms with Crippen molar-refractivity contribution in [3.05, 3.63) is 29.8 Å². The van der Waals surface area contributed by atoms with Crippen LogP contribution < -0.4 is 10.1 Å². The van der Waals surface area contributed by atoms with E-state index in [1.54, 1.807) is 0 Å². The van der Waals surface area contributed by atoms with Crippen molar-refractivity contribution >= 4 is 22.8 Å². The molecule has 1 aromatic carbocycles. The average molecular weight is 421 g/mol. The van der Waals surface area contributed by atoms with Crippen LogP contribution in [-0.4, -0.2) is 65.7 Å². The summed E-state index contributed by atoms with van der Waals surface area (Å²) in [6.45, 7) is 0.672. The Morgan fingerprint density at radius 3 is 2.55 bits per heavy atom. The Morgan fingerprint density at radius 1 is 1.28 bits per heavy atom. The van der Waals surface area contributed by atoms with Gasteiger partial charge >= 0.3 is 0 Å². The van der Waals surface area contributed by atoms with E-state index in [4.69, 9.17) is 4.74 Å². The van der Waals surface area contributed by atoms with Crippen molar-refractivity contribution in [2.45, 2.75) is 56.1 Å². The van der Waals surface area contributed by atoms with Gasteiger partial charge in [-0.3, -0.25) is 9.59 Å². The van der Waals surface area contributed by atoms with Crippen molar-refractivity contribution < 1.29 is 19.4 Å². The minimum atomic E-state index is -0.670. The molecule has 1 aromatic rings. The minimum absolute atomic E-state index is 0.0234. The molecule has 160 valence electrons. The number of thioether (sulfide) groups is 1. The fraction of sp³-hybridized carbons (Fsp3) is 0.636. The van der Waals surface area contributed by atoms with E-state index in [1.165, 1.54) is 18.2 Å². The zero-order valence-electron chi connectivity index (χ0n) is 17.4. The molecule has 6 nitrogen and oxygen atoms in total. The molecule has 0 aromatic heterocycles. The number of amides is 1. The van der Waals surface area contributed by atoms with Crippen molar-refractivity contribution in [3.8, 4) is 5.75 Å². The number of ether oxygens (including phenoxy) is 1. The summed E-state index contributed by atoms with van der Waals surface area (Å²) >= 11 is 1.26. The summed E-state index contributed by atoms with van der Waals surface area (Å²) < 4.78 is 5.60. The quantitative estimate of drug-likeness (QED) is 0.673. The number of nitrogens with zero attached hydrogens (tertiary/aromatic N) is 1. The van der Waals surface area contributed by atoms with E-state index >= 15 is 0 Å².